The fourth-order valence-corrected chi connectivity index (χ4v) is 3.02. The minimum Gasteiger partial charge on any atom is -0.212 e. The molecule has 88 valence electrons. The van der Waals surface area contributed by atoms with Gasteiger partial charge in [-0.05, 0) is 48.8 Å². The second-order valence-electron chi connectivity index (χ2n) is 4.25. The van der Waals surface area contributed by atoms with Crippen molar-refractivity contribution in [2.45, 2.75) is 32.1 Å². The average molecular weight is 259 g/mol. The summed E-state index contributed by atoms with van der Waals surface area (Å²) in [5.41, 5.74) is 3.89. The molecule has 0 fully saturated rings. The topological polar surface area (TPSA) is 34.1 Å². The molecule has 1 aliphatic carbocycles. The lowest BCUT2D eigenvalue weighted by atomic mass is 9.87. The lowest BCUT2D eigenvalue weighted by Crippen LogP contribution is -2.09. The molecule has 0 aliphatic heterocycles. The van der Waals surface area contributed by atoms with Crippen LogP contribution in [0.3, 0.4) is 0 Å². The van der Waals surface area contributed by atoms with Crippen LogP contribution in [0.5, 0.6) is 0 Å². The fourth-order valence-electron chi connectivity index (χ4n) is 2.33. The molecule has 0 N–H and O–H groups in total. The van der Waals surface area contributed by atoms with Crippen LogP contribution in [0.2, 0.25) is 0 Å². The van der Waals surface area contributed by atoms with Gasteiger partial charge in [-0.1, -0.05) is 18.2 Å². The molecule has 0 heterocycles. The third-order valence-electron chi connectivity index (χ3n) is 3.11. The van der Waals surface area contributed by atoms with Crippen molar-refractivity contribution in [2.24, 2.45) is 0 Å². The summed E-state index contributed by atoms with van der Waals surface area (Å²) < 4.78 is 21.9. The van der Waals surface area contributed by atoms with E-state index in [-0.39, 0.29) is 5.75 Å². The molecule has 0 saturated carbocycles. The van der Waals surface area contributed by atoms with E-state index >= 15 is 0 Å². The Morgan fingerprint density at radius 3 is 2.69 bits per heavy atom. The van der Waals surface area contributed by atoms with E-state index in [2.05, 4.69) is 6.07 Å². The highest BCUT2D eigenvalue weighted by Crippen LogP contribution is 2.25. The smallest absolute Gasteiger partial charge is 0.212 e. The van der Waals surface area contributed by atoms with Crippen LogP contribution >= 0.6 is 10.7 Å². The molecule has 0 bridgehead atoms. The lowest BCUT2D eigenvalue weighted by molar-refractivity contribution is 0.608. The van der Waals surface area contributed by atoms with Crippen molar-refractivity contribution in [3.05, 3.63) is 34.9 Å². The second kappa shape index (κ2) is 4.76. The zero-order chi connectivity index (χ0) is 11.6. The van der Waals surface area contributed by atoms with Gasteiger partial charge in [0.2, 0.25) is 9.05 Å². The van der Waals surface area contributed by atoms with Crippen LogP contribution in [-0.4, -0.2) is 14.2 Å². The molecule has 2 nitrogen and oxygen atoms in total. The van der Waals surface area contributed by atoms with Crippen LogP contribution in [0, 0.1) is 0 Å². The fraction of sp³-hybridized carbons (Fsp3) is 0.500. The molecule has 0 atom stereocenters. The predicted molar refractivity (Wildman–Crippen MR) is 66.4 cm³/mol. The largest absolute Gasteiger partial charge is 0.232 e. The number of benzene rings is 1. The molecule has 0 aromatic heterocycles. The molecule has 1 aliphatic rings. The van der Waals surface area contributed by atoms with E-state index in [1.807, 2.05) is 12.1 Å². The molecule has 0 saturated heterocycles. The van der Waals surface area contributed by atoms with Gasteiger partial charge >= 0.3 is 0 Å². The van der Waals surface area contributed by atoms with E-state index < -0.39 is 9.05 Å². The highest BCUT2D eigenvalue weighted by Gasteiger charge is 2.14. The van der Waals surface area contributed by atoms with Crippen LogP contribution in [0.25, 0.3) is 0 Å². The van der Waals surface area contributed by atoms with Gasteiger partial charge in [0.15, 0.2) is 0 Å². The molecule has 1 aromatic rings. The van der Waals surface area contributed by atoms with E-state index in [0.29, 0.717) is 6.42 Å². The van der Waals surface area contributed by atoms with Crippen molar-refractivity contribution in [3.63, 3.8) is 0 Å². The molecule has 4 heteroatoms. The van der Waals surface area contributed by atoms with Crippen molar-refractivity contribution in [3.8, 4) is 0 Å². The standard InChI is InChI=1S/C12H15ClO2S/c13-16(14,15)9-8-11-6-3-5-10-4-1-2-7-12(10)11/h3,5-6H,1-2,4,7-9H2. The normalized spacial score (nSPS) is 15.8. The monoisotopic (exact) mass is 258 g/mol. The summed E-state index contributed by atoms with van der Waals surface area (Å²) in [7, 11) is 1.86. The number of aryl methyl sites for hydroxylation is 2. The van der Waals surface area contributed by atoms with Crippen LogP contribution in [0.1, 0.15) is 29.5 Å². The highest BCUT2D eigenvalue weighted by atomic mass is 35.7. The van der Waals surface area contributed by atoms with Gasteiger partial charge in [0.25, 0.3) is 0 Å². The van der Waals surface area contributed by atoms with Crippen molar-refractivity contribution < 1.29 is 8.42 Å². The van der Waals surface area contributed by atoms with Crippen molar-refractivity contribution >= 4 is 19.7 Å². The van der Waals surface area contributed by atoms with Crippen LogP contribution in [0.4, 0.5) is 0 Å². The van der Waals surface area contributed by atoms with Crippen LogP contribution < -0.4 is 0 Å². The Morgan fingerprint density at radius 1 is 1.19 bits per heavy atom. The van der Waals surface area contributed by atoms with Crippen LogP contribution in [-0.2, 0) is 28.3 Å². The second-order valence-corrected chi connectivity index (χ2v) is 7.15. The minimum absolute atomic E-state index is 0.0327. The maximum atomic E-state index is 10.9. The molecule has 0 amide bonds. The summed E-state index contributed by atoms with van der Waals surface area (Å²) in [5.74, 6) is 0.0327. The lowest BCUT2D eigenvalue weighted by Gasteiger charge is -2.18. The minimum atomic E-state index is -3.38. The van der Waals surface area contributed by atoms with E-state index in [9.17, 15) is 8.42 Å². The Balaban J connectivity index is 2.21. The molecule has 2 rings (SSSR count). The molecule has 0 unspecified atom stereocenters. The van der Waals surface area contributed by atoms with E-state index in [0.717, 1.165) is 18.4 Å². The Hall–Kier alpha value is -0.540. The number of fused-ring (bicyclic) bond motifs is 1. The third kappa shape index (κ3) is 2.98. The zero-order valence-corrected chi connectivity index (χ0v) is 10.6. The summed E-state index contributed by atoms with van der Waals surface area (Å²) in [6.45, 7) is 0. The molecule has 1 aromatic carbocycles. The molecule has 0 radical (unpaired) electrons. The summed E-state index contributed by atoms with van der Waals surface area (Å²) in [6.07, 6.45) is 5.18. The number of hydrogen-bond acceptors (Lipinski definition) is 2. The van der Waals surface area contributed by atoms with Crippen molar-refractivity contribution in [1.29, 1.82) is 0 Å². The molecule has 0 spiro atoms. The van der Waals surface area contributed by atoms with Gasteiger partial charge in [-0.3, -0.25) is 0 Å². The van der Waals surface area contributed by atoms with E-state index in [1.54, 1.807) is 0 Å². The average Bonchev–Trinajstić information content (AvgIpc) is 2.25. The van der Waals surface area contributed by atoms with E-state index in [4.69, 9.17) is 10.7 Å². The molecular weight excluding hydrogens is 244 g/mol. The molecule has 16 heavy (non-hydrogen) atoms. The summed E-state index contributed by atoms with van der Waals surface area (Å²) >= 11 is 0. The first-order valence-corrected chi connectivity index (χ1v) is 8.06. The first-order valence-electron chi connectivity index (χ1n) is 5.58. The quantitative estimate of drug-likeness (QED) is 0.782. The summed E-state index contributed by atoms with van der Waals surface area (Å²) in [5, 5.41) is 0. The van der Waals surface area contributed by atoms with Gasteiger partial charge in [0, 0.05) is 10.7 Å². The Morgan fingerprint density at radius 2 is 1.94 bits per heavy atom. The van der Waals surface area contributed by atoms with Crippen molar-refractivity contribution in [1.82, 2.24) is 0 Å². The van der Waals surface area contributed by atoms with Gasteiger partial charge in [0.1, 0.15) is 0 Å². The maximum Gasteiger partial charge on any atom is 0.232 e. The van der Waals surface area contributed by atoms with Gasteiger partial charge in [-0.15, -0.1) is 0 Å². The summed E-state index contributed by atoms with van der Waals surface area (Å²) in [6, 6.07) is 6.18. The van der Waals surface area contributed by atoms with Gasteiger partial charge < -0.3 is 0 Å². The zero-order valence-electron chi connectivity index (χ0n) is 9.08. The third-order valence-corrected chi connectivity index (χ3v) is 4.26. The SMILES string of the molecule is O=S(=O)(Cl)CCc1cccc2c1CCCC2. The first-order chi connectivity index (χ1) is 7.56. The van der Waals surface area contributed by atoms with Crippen LogP contribution in [0.15, 0.2) is 18.2 Å². The Labute approximate surface area is 101 Å². The Bertz CT molecular complexity index is 480. The number of halogens is 1. The maximum absolute atomic E-state index is 10.9. The first kappa shape index (κ1) is 11.9. The molecular formula is C12H15ClO2S. The van der Waals surface area contributed by atoms with Gasteiger partial charge in [-0.25, -0.2) is 8.42 Å². The van der Waals surface area contributed by atoms with Crippen molar-refractivity contribution in [2.75, 3.05) is 5.75 Å². The number of rotatable bonds is 3. The number of hydrogen-bond donors (Lipinski definition) is 0. The highest BCUT2D eigenvalue weighted by molar-refractivity contribution is 8.13. The predicted octanol–water partition coefficient (Wildman–Crippen LogP) is 2.68. The van der Waals surface area contributed by atoms with E-state index in [1.165, 1.54) is 24.0 Å². The van der Waals surface area contributed by atoms with Gasteiger partial charge in [0.05, 0.1) is 5.75 Å². The summed E-state index contributed by atoms with van der Waals surface area (Å²) in [4.78, 5) is 0. The van der Waals surface area contributed by atoms with Gasteiger partial charge in [-0.2, -0.15) is 0 Å². The Kier molecular flexibility index (Phi) is 3.55.